The number of aryl methyl sites for hydroxylation is 1. The second-order valence-corrected chi connectivity index (χ2v) is 5.58. The second kappa shape index (κ2) is 3.85. The van der Waals surface area contributed by atoms with E-state index in [2.05, 4.69) is 18.8 Å². The number of aliphatic hydroxyl groups excluding tert-OH is 1. The SMILES string of the molecule is Cc1nc(C(C)C)sc1C1(CO)COC1. The van der Waals surface area contributed by atoms with E-state index in [9.17, 15) is 5.11 Å². The maximum Gasteiger partial charge on any atom is 0.0956 e. The largest absolute Gasteiger partial charge is 0.395 e. The van der Waals surface area contributed by atoms with Gasteiger partial charge in [0.1, 0.15) is 0 Å². The van der Waals surface area contributed by atoms with Gasteiger partial charge in [-0.2, -0.15) is 0 Å². The molecule has 84 valence electrons. The first-order valence-electron chi connectivity index (χ1n) is 5.25. The number of hydrogen-bond acceptors (Lipinski definition) is 4. The molecule has 1 saturated heterocycles. The molecule has 1 aromatic heterocycles. The molecular formula is C11H17NO2S. The summed E-state index contributed by atoms with van der Waals surface area (Å²) in [5, 5.41) is 10.6. The average Bonchev–Trinajstić information content (AvgIpc) is 2.48. The third kappa shape index (κ3) is 1.71. The summed E-state index contributed by atoms with van der Waals surface area (Å²) < 4.78 is 5.23. The molecule has 3 nitrogen and oxygen atoms in total. The highest BCUT2D eigenvalue weighted by atomic mass is 32.1. The molecule has 1 aliphatic heterocycles. The van der Waals surface area contributed by atoms with Gasteiger partial charge in [-0.25, -0.2) is 4.98 Å². The molecule has 2 rings (SSSR count). The van der Waals surface area contributed by atoms with Crippen molar-refractivity contribution < 1.29 is 9.84 Å². The Kier molecular flexibility index (Phi) is 2.83. The van der Waals surface area contributed by atoms with Crippen molar-refractivity contribution in [3.63, 3.8) is 0 Å². The Hall–Kier alpha value is -0.450. The maximum atomic E-state index is 9.46. The number of aliphatic hydroxyl groups is 1. The van der Waals surface area contributed by atoms with Crippen molar-refractivity contribution in [2.45, 2.75) is 32.1 Å². The summed E-state index contributed by atoms with van der Waals surface area (Å²) in [7, 11) is 0. The van der Waals surface area contributed by atoms with Crippen LogP contribution in [0.25, 0.3) is 0 Å². The van der Waals surface area contributed by atoms with E-state index < -0.39 is 0 Å². The Morgan fingerprint density at radius 1 is 1.53 bits per heavy atom. The predicted octanol–water partition coefficient (Wildman–Crippen LogP) is 1.84. The molecule has 1 fully saturated rings. The minimum atomic E-state index is -0.158. The molecule has 1 aliphatic rings. The van der Waals surface area contributed by atoms with Crippen molar-refractivity contribution >= 4 is 11.3 Å². The summed E-state index contributed by atoms with van der Waals surface area (Å²) in [6.07, 6.45) is 0. The van der Waals surface area contributed by atoms with Crippen molar-refractivity contribution in [3.8, 4) is 0 Å². The molecule has 0 spiro atoms. The van der Waals surface area contributed by atoms with Crippen molar-refractivity contribution in [1.82, 2.24) is 4.98 Å². The molecule has 0 atom stereocenters. The molecule has 0 bridgehead atoms. The third-order valence-electron chi connectivity index (χ3n) is 2.85. The first kappa shape index (κ1) is 11.0. The zero-order valence-corrected chi connectivity index (χ0v) is 10.2. The Morgan fingerprint density at radius 2 is 2.20 bits per heavy atom. The normalized spacial score (nSPS) is 19.3. The smallest absolute Gasteiger partial charge is 0.0956 e. The van der Waals surface area contributed by atoms with Crippen LogP contribution in [0.2, 0.25) is 0 Å². The molecule has 0 amide bonds. The van der Waals surface area contributed by atoms with Crippen LogP contribution in [0.4, 0.5) is 0 Å². The Balaban J connectivity index is 2.35. The fraction of sp³-hybridized carbons (Fsp3) is 0.727. The van der Waals surface area contributed by atoms with Gasteiger partial charge in [0.05, 0.1) is 35.9 Å². The van der Waals surface area contributed by atoms with Crippen LogP contribution in [-0.2, 0) is 10.2 Å². The van der Waals surface area contributed by atoms with Gasteiger partial charge in [0.2, 0.25) is 0 Å². The minimum absolute atomic E-state index is 0.158. The fourth-order valence-corrected chi connectivity index (χ4v) is 3.02. The van der Waals surface area contributed by atoms with Crippen LogP contribution in [0.15, 0.2) is 0 Å². The maximum absolute atomic E-state index is 9.46. The van der Waals surface area contributed by atoms with Crippen LogP contribution in [-0.4, -0.2) is 29.9 Å². The topological polar surface area (TPSA) is 42.4 Å². The molecule has 1 aromatic rings. The second-order valence-electron chi connectivity index (χ2n) is 4.55. The Bertz CT molecular complexity index is 350. The van der Waals surface area contributed by atoms with E-state index in [-0.39, 0.29) is 12.0 Å². The summed E-state index contributed by atoms with van der Waals surface area (Å²) in [5.41, 5.74) is 0.899. The first-order valence-corrected chi connectivity index (χ1v) is 6.07. The van der Waals surface area contributed by atoms with E-state index in [4.69, 9.17) is 4.74 Å². The quantitative estimate of drug-likeness (QED) is 0.856. The molecule has 0 aromatic carbocycles. The Morgan fingerprint density at radius 3 is 2.53 bits per heavy atom. The van der Waals surface area contributed by atoms with Crippen LogP contribution in [0, 0.1) is 6.92 Å². The first-order chi connectivity index (χ1) is 7.09. The third-order valence-corrected chi connectivity index (χ3v) is 4.55. The van der Waals surface area contributed by atoms with Gasteiger partial charge in [-0.3, -0.25) is 0 Å². The molecule has 4 heteroatoms. The lowest BCUT2D eigenvalue weighted by Crippen LogP contribution is -2.49. The number of nitrogens with zero attached hydrogens (tertiary/aromatic N) is 1. The van der Waals surface area contributed by atoms with E-state index in [0.717, 1.165) is 10.7 Å². The molecule has 0 unspecified atom stereocenters. The number of thiazole rings is 1. The molecule has 0 aliphatic carbocycles. The Labute approximate surface area is 94.1 Å². The van der Waals surface area contributed by atoms with Gasteiger partial charge in [-0.05, 0) is 6.92 Å². The van der Waals surface area contributed by atoms with Gasteiger partial charge >= 0.3 is 0 Å². The number of ether oxygens (including phenoxy) is 1. The predicted molar refractivity (Wildman–Crippen MR) is 60.5 cm³/mol. The highest BCUT2D eigenvalue weighted by Gasteiger charge is 2.42. The summed E-state index contributed by atoms with van der Waals surface area (Å²) >= 11 is 1.72. The highest BCUT2D eigenvalue weighted by molar-refractivity contribution is 7.12. The molecular weight excluding hydrogens is 210 g/mol. The number of rotatable bonds is 3. The van der Waals surface area contributed by atoms with Gasteiger partial charge in [0.25, 0.3) is 0 Å². The summed E-state index contributed by atoms with van der Waals surface area (Å²) in [5.74, 6) is 0.458. The van der Waals surface area contributed by atoms with E-state index in [1.165, 1.54) is 4.88 Å². The summed E-state index contributed by atoms with van der Waals surface area (Å²) in [6, 6.07) is 0. The fourth-order valence-electron chi connectivity index (χ4n) is 1.80. The molecule has 1 N–H and O–H groups in total. The van der Waals surface area contributed by atoms with E-state index in [1.54, 1.807) is 11.3 Å². The lowest BCUT2D eigenvalue weighted by molar-refractivity contribution is -0.0827. The lowest BCUT2D eigenvalue weighted by Gasteiger charge is -2.39. The van der Waals surface area contributed by atoms with Crippen molar-refractivity contribution in [1.29, 1.82) is 0 Å². The number of hydrogen-bond donors (Lipinski definition) is 1. The van der Waals surface area contributed by atoms with E-state index in [1.807, 2.05) is 6.92 Å². The zero-order valence-electron chi connectivity index (χ0n) is 9.41. The van der Waals surface area contributed by atoms with Crippen LogP contribution in [0.5, 0.6) is 0 Å². The number of aromatic nitrogens is 1. The molecule has 2 heterocycles. The zero-order chi connectivity index (χ0) is 11.1. The highest BCUT2D eigenvalue weighted by Crippen LogP contribution is 2.39. The van der Waals surface area contributed by atoms with E-state index >= 15 is 0 Å². The van der Waals surface area contributed by atoms with Crippen molar-refractivity contribution in [2.75, 3.05) is 19.8 Å². The van der Waals surface area contributed by atoms with Crippen molar-refractivity contribution in [3.05, 3.63) is 15.6 Å². The van der Waals surface area contributed by atoms with Gasteiger partial charge in [0, 0.05) is 10.8 Å². The molecule has 0 radical (unpaired) electrons. The van der Waals surface area contributed by atoms with Crippen molar-refractivity contribution in [2.24, 2.45) is 0 Å². The van der Waals surface area contributed by atoms with Gasteiger partial charge < -0.3 is 9.84 Å². The standard InChI is InChI=1S/C11H17NO2S/c1-7(2)10-12-8(3)9(15-10)11(4-13)5-14-6-11/h7,13H,4-6H2,1-3H3. The van der Waals surface area contributed by atoms with E-state index in [0.29, 0.717) is 19.1 Å². The monoisotopic (exact) mass is 227 g/mol. The van der Waals surface area contributed by atoms with Crippen LogP contribution in [0.3, 0.4) is 0 Å². The minimum Gasteiger partial charge on any atom is -0.395 e. The average molecular weight is 227 g/mol. The molecule has 0 saturated carbocycles. The van der Waals surface area contributed by atoms with Crippen LogP contribution in [0.1, 0.15) is 35.3 Å². The molecule has 15 heavy (non-hydrogen) atoms. The summed E-state index contributed by atoms with van der Waals surface area (Å²) in [4.78, 5) is 5.77. The van der Waals surface area contributed by atoms with Crippen LogP contribution >= 0.6 is 11.3 Å². The lowest BCUT2D eigenvalue weighted by atomic mass is 9.84. The van der Waals surface area contributed by atoms with Gasteiger partial charge in [0.15, 0.2) is 0 Å². The summed E-state index contributed by atoms with van der Waals surface area (Å²) in [6.45, 7) is 7.73. The van der Waals surface area contributed by atoms with Crippen LogP contribution < -0.4 is 0 Å². The van der Waals surface area contributed by atoms with Gasteiger partial charge in [-0.15, -0.1) is 11.3 Å². The van der Waals surface area contributed by atoms with Gasteiger partial charge in [-0.1, -0.05) is 13.8 Å².